The Morgan fingerprint density at radius 1 is 1.03 bits per heavy atom. The minimum atomic E-state index is -4.42. The number of aryl methyl sites for hydroxylation is 2. The number of carbonyl (C=O) groups is 1. The molecule has 0 unspecified atom stereocenters. The second kappa shape index (κ2) is 11.0. The lowest BCUT2D eigenvalue weighted by molar-refractivity contribution is -0.138. The predicted octanol–water partition coefficient (Wildman–Crippen LogP) is 5.57. The van der Waals surface area contributed by atoms with Crippen molar-refractivity contribution in [1.29, 1.82) is 0 Å². The maximum Gasteiger partial charge on any atom is 0.417 e. The Morgan fingerprint density at radius 3 is 2.36 bits per heavy atom. The SMILES string of the molecule is CCCc1nn(-c2ccc(C(F)(F)F)cn2)cc1CCCCOc1ccc(OC(C)=O)cc1. The predicted molar refractivity (Wildman–Crippen MR) is 117 cm³/mol. The van der Waals surface area contributed by atoms with Crippen molar-refractivity contribution < 1.29 is 27.4 Å². The highest BCUT2D eigenvalue weighted by molar-refractivity contribution is 5.69. The number of hydrogen-bond donors (Lipinski definition) is 0. The van der Waals surface area contributed by atoms with Gasteiger partial charge in [-0.1, -0.05) is 13.3 Å². The molecule has 0 spiro atoms. The van der Waals surface area contributed by atoms with E-state index in [1.54, 1.807) is 28.9 Å². The molecule has 0 saturated carbocycles. The summed E-state index contributed by atoms with van der Waals surface area (Å²) in [6.07, 6.45) is 2.42. The van der Waals surface area contributed by atoms with E-state index >= 15 is 0 Å². The molecule has 2 heterocycles. The second-order valence-electron chi connectivity index (χ2n) is 7.57. The molecule has 0 amide bonds. The molecule has 1 aromatic carbocycles. The molecule has 3 aromatic rings. The third-order valence-electron chi connectivity index (χ3n) is 4.87. The van der Waals surface area contributed by atoms with Gasteiger partial charge < -0.3 is 9.47 Å². The quantitative estimate of drug-likeness (QED) is 0.225. The number of carbonyl (C=O) groups excluding carboxylic acids is 1. The van der Waals surface area contributed by atoms with Crippen molar-refractivity contribution in [3.63, 3.8) is 0 Å². The van der Waals surface area contributed by atoms with Crippen LogP contribution in [0.4, 0.5) is 13.2 Å². The summed E-state index contributed by atoms with van der Waals surface area (Å²) in [5, 5.41) is 4.54. The minimum Gasteiger partial charge on any atom is -0.494 e. The van der Waals surface area contributed by atoms with Gasteiger partial charge in [0.25, 0.3) is 0 Å². The number of ether oxygens (including phenoxy) is 2. The van der Waals surface area contributed by atoms with E-state index in [0.29, 0.717) is 23.9 Å². The number of alkyl halides is 3. The van der Waals surface area contributed by atoms with E-state index in [2.05, 4.69) is 17.0 Å². The van der Waals surface area contributed by atoms with E-state index in [1.165, 1.54) is 13.0 Å². The van der Waals surface area contributed by atoms with Crippen LogP contribution in [0.5, 0.6) is 11.5 Å². The van der Waals surface area contributed by atoms with Crippen molar-refractivity contribution in [1.82, 2.24) is 14.8 Å². The van der Waals surface area contributed by atoms with Gasteiger partial charge in [-0.3, -0.25) is 4.79 Å². The standard InChI is InChI=1S/C24H26F3N3O3/c1-3-6-22-18(16-30(29-22)23-13-8-19(15-28-23)24(25,26)27)7-4-5-14-32-20-9-11-21(12-10-20)33-17(2)31/h8-13,15-16H,3-7,14H2,1-2H3. The summed E-state index contributed by atoms with van der Waals surface area (Å²) >= 11 is 0. The largest absolute Gasteiger partial charge is 0.494 e. The van der Waals surface area contributed by atoms with Crippen molar-refractivity contribution in [2.24, 2.45) is 0 Å². The van der Waals surface area contributed by atoms with Crippen molar-refractivity contribution in [2.45, 2.75) is 52.1 Å². The van der Waals surface area contributed by atoms with Crippen molar-refractivity contribution in [3.8, 4) is 17.3 Å². The molecular weight excluding hydrogens is 435 g/mol. The van der Waals surface area contributed by atoms with E-state index in [0.717, 1.165) is 55.6 Å². The maximum atomic E-state index is 12.8. The van der Waals surface area contributed by atoms with Crippen LogP contribution in [0.2, 0.25) is 0 Å². The highest BCUT2D eigenvalue weighted by Gasteiger charge is 2.30. The summed E-state index contributed by atoms with van der Waals surface area (Å²) < 4.78 is 50.6. The molecule has 0 radical (unpaired) electrons. The van der Waals surface area contributed by atoms with Crippen LogP contribution in [-0.2, 0) is 23.8 Å². The molecule has 33 heavy (non-hydrogen) atoms. The Morgan fingerprint density at radius 2 is 1.76 bits per heavy atom. The first-order valence-corrected chi connectivity index (χ1v) is 10.8. The first-order valence-electron chi connectivity index (χ1n) is 10.8. The van der Waals surface area contributed by atoms with Gasteiger partial charge in [-0.2, -0.15) is 18.3 Å². The number of pyridine rings is 1. The summed E-state index contributed by atoms with van der Waals surface area (Å²) in [6.45, 7) is 3.93. The van der Waals surface area contributed by atoms with Gasteiger partial charge in [0.15, 0.2) is 5.82 Å². The molecule has 0 aliphatic carbocycles. The number of rotatable bonds is 10. The molecule has 0 aliphatic rings. The topological polar surface area (TPSA) is 66.2 Å². The summed E-state index contributed by atoms with van der Waals surface area (Å²) in [6, 6.07) is 9.20. The first-order chi connectivity index (χ1) is 15.8. The number of nitrogens with zero attached hydrogens (tertiary/aromatic N) is 3. The zero-order valence-electron chi connectivity index (χ0n) is 18.6. The summed E-state index contributed by atoms with van der Waals surface area (Å²) in [5.41, 5.74) is 1.21. The van der Waals surface area contributed by atoms with Gasteiger partial charge in [0.05, 0.1) is 17.9 Å². The van der Waals surface area contributed by atoms with Gasteiger partial charge in [-0.15, -0.1) is 0 Å². The van der Waals surface area contributed by atoms with Gasteiger partial charge >= 0.3 is 12.1 Å². The van der Waals surface area contributed by atoms with Crippen LogP contribution in [-0.4, -0.2) is 27.3 Å². The maximum absolute atomic E-state index is 12.8. The van der Waals surface area contributed by atoms with E-state index in [1.807, 2.05) is 6.20 Å². The zero-order chi connectivity index (χ0) is 23.8. The molecule has 3 rings (SSSR count). The Kier molecular flexibility index (Phi) is 8.08. The van der Waals surface area contributed by atoms with Gasteiger partial charge in [0, 0.05) is 19.3 Å². The third kappa shape index (κ3) is 7.06. The Hall–Kier alpha value is -3.36. The molecule has 176 valence electrons. The first kappa shape index (κ1) is 24.3. The van der Waals surface area contributed by atoms with E-state index in [9.17, 15) is 18.0 Å². The molecule has 0 N–H and O–H groups in total. The number of hydrogen-bond acceptors (Lipinski definition) is 5. The lowest BCUT2D eigenvalue weighted by Crippen LogP contribution is -2.07. The second-order valence-corrected chi connectivity index (χ2v) is 7.57. The van der Waals surface area contributed by atoms with Crippen LogP contribution in [0, 0.1) is 0 Å². The normalized spacial score (nSPS) is 11.4. The number of aromatic nitrogens is 3. The van der Waals surface area contributed by atoms with Gasteiger partial charge in [0.1, 0.15) is 11.5 Å². The monoisotopic (exact) mass is 461 g/mol. The number of unbranched alkanes of at least 4 members (excludes halogenated alkanes) is 1. The van der Waals surface area contributed by atoms with Crippen LogP contribution >= 0.6 is 0 Å². The van der Waals surface area contributed by atoms with Gasteiger partial charge in [-0.25, -0.2) is 9.67 Å². The zero-order valence-corrected chi connectivity index (χ0v) is 18.6. The molecule has 6 nitrogen and oxygen atoms in total. The van der Waals surface area contributed by atoms with E-state index in [4.69, 9.17) is 9.47 Å². The molecule has 0 saturated heterocycles. The lowest BCUT2D eigenvalue weighted by atomic mass is 10.1. The third-order valence-corrected chi connectivity index (χ3v) is 4.87. The van der Waals surface area contributed by atoms with Crippen molar-refractivity contribution in [3.05, 3.63) is 65.6 Å². The van der Waals surface area contributed by atoms with E-state index < -0.39 is 11.7 Å². The Bertz CT molecular complexity index is 1050. The fourth-order valence-corrected chi connectivity index (χ4v) is 3.29. The van der Waals surface area contributed by atoms with Crippen molar-refractivity contribution >= 4 is 5.97 Å². The lowest BCUT2D eigenvalue weighted by Gasteiger charge is -2.07. The molecule has 2 aromatic heterocycles. The summed E-state index contributed by atoms with van der Waals surface area (Å²) in [4.78, 5) is 14.9. The van der Waals surface area contributed by atoms with Crippen LogP contribution < -0.4 is 9.47 Å². The Balaban J connectivity index is 1.54. The smallest absolute Gasteiger partial charge is 0.417 e. The van der Waals surface area contributed by atoms with Crippen molar-refractivity contribution in [2.75, 3.05) is 6.61 Å². The van der Waals surface area contributed by atoms with Crippen LogP contribution in [0.1, 0.15) is 49.9 Å². The fourth-order valence-electron chi connectivity index (χ4n) is 3.29. The van der Waals surface area contributed by atoms with Gasteiger partial charge in [-0.05, 0) is 67.6 Å². The minimum absolute atomic E-state index is 0.354. The summed E-state index contributed by atoms with van der Waals surface area (Å²) in [5.74, 6) is 1.15. The number of halogens is 3. The highest BCUT2D eigenvalue weighted by atomic mass is 19.4. The molecule has 0 atom stereocenters. The van der Waals surface area contributed by atoms with Gasteiger partial charge in [0.2, 0.25) is 0 Å². The average molecular weight is 461 g/mol. The fraction of sp³-hybridized carbons (Fsp3) is 0.375. The molecule has 9 heteroatoms. The van der Waals surface area contributed by atoms with E-state index in [-0.39, 0.29) is 5.97 Å². The summed E-state index contributed by atoms with van der Waals surface area (Å²) in [7, 11) is 0. The van der Waals surface area contributed by atoms with Crippen LogP contribution in [0.15, 0.2) is 48.8 Å². The highest BCUT2D eigenvalue weighted by Crippen LogP contribution is 2.29. The van der Waals surface area contributed by atoms with Crippen LogP contribution in [0.3, 0.4) is 0 Å². The van der Waals surface area contributed by atoms with Crippen LogP contribution in [0.25, 0.3) is 5.82 Å². The Labute approximate surface area is 190 Å². The molecular formula is C24H26F3N3O3. The number of benzene rings is 1. The average Bonchev–Trinajstić information content (AvgIpc) is 3.17. The molecule has 0 fully saturated rings. The molecule has 0 aliphatic heterocycles. The molecule has 0 bridgehead atoms. The number of esters is 1.